The molecule has 8 heteroatoms. The molecule has 2 aromatic heterocycles. The second kappa shape index (κ2) is 5.88. The molecule has 0 aromatic carbocycles. The fraction of sp³-hybridized carbons (Fsp3) is 0.231. The number of carbonyl (C=O) groups excluding carboxylic acids is 1. The van der Waals surface area contributed by atoms with E-state index in [1.54, 1.807) is 6.92 Å². The predicted molar refractivity (Wildman–Crippen MR) is 77.3 cm³/mol. The Kier molecular flexibility index (Phi) is 4.18. The number of amides is 1. The molecule has 7 nitrogen and oxygen atoms in total. The number of carboxylic acids is 1. The van der Waals surface area contributed by atoms with Crippen LogP contribution in [0.3, 0.4) is 0 Å². The van der Waals surface area contributed by atoms with Crippen LogP contribution in [0.15, 0.2) is 18.5 Å². The maximum Gasteiger partial charge on any atom is 0.340 e. The number of methoxy groups -OCH3 is 1. The SMILES string of the molecule is COc1cnccc1C(=O)N(C)c1snc(C)c1C(=O)O. The van der Waals surface area contributed by atoms with E-state index in [0.29, 0.717) is 17.0 Å². The Hall–Kier alpha value is -2.48. The number of aromatic nitrogens is 2. The molecule has 0 spiro atoms. The molecule has 0 radical (unpaired) electrons. The summed E-state index contributed by atoms with van der Waals surface area (Å²) >= 11 is 0.967. The van der Waals surface area contributed by atoms with E-state index in [4.69, 9.17) is 4.74 Å². The van der Waals surface area contributed by atoms with Crippen molar-refractivity contribution in [2.24, 2.45) is 0 Å². The summed E-state index contributed by atoms with van der Waals surface area (Å²) in [7, 11) is 2.94. The highest BCUT2D eigenvalue weighted by atomic mass is 32.1. The summed E-state index contributed by atoms with van der Waals surface area (Å²) in [5.74, 6) is -1.18. The van der Waals surface area contributed by atoms with Crippen LogP contribution in [0.1, 0.15) is 26.4 Å². The lowest BCUT2D eigenvalue weighted by Crippen LogP contribution is -2.27. The van der Waals surface area contributed by atoms with Crippen molar-refractivity contribution in [3.05, 3.63) is 35.3 Å². The highest BCUT2D eigenvalue weighted by Gasteiger charge is 2.26. The van der Waals surface area contributed by atoms with Crippen molar-refractivity contribution in [2.45, 2.75) is 6.92 Å². The largest absolute Gasteiger partial charge is 0.494 e. The van der Waals surface area contributed by atoms with Gasteiger partial charge in [0.2, 0.25) is 0 Å². The second-order valence-corrected chi connectivity index (χ2v) is 4.95. The number of ether oxygens (including phenoxy) is 1. The van der Waals surface area contributed by atoms with Gasteiger partial charge in [-0.3, -0.25) is 9.78 Å². The van der Waals surface area contributed by atoms with E-state index in [1.807, 2.05) is 0 Å². The van der Waals surface area contributed by atoms with Gasteiger partial charge in [-0.25, -0.2) is 4.79 Å². The lowest BCUT2D eigenvalue weighted by atomic mass is 10.2. The van der Waals surface area contributed by atoms with Crippen molar-refractivity contribution >= 4 is 28.4 Å². The number of hydrogen-bond acceptors (Lipinski definition) is 6. The average Bonchev–Trinajstić information content (AvgIpc) is 2.87. The van der Waals surface area contributed by atoms with Crippen LogP contribution in [0.25, 0.3) is 0 Å². The lowest BCUT2D eigenvalue weighted by Gasteiger charge is -2.17. The maximum atomic E-state index is 12.5. The monoisotopic (exact) mass is 307 g/mol. The van der Waals surface area contributed by atoms with Crippen LogP contribution in [0.2, 0.25) is 0 Å². The Labute approximate surface area is 125 Å². The number of aromatic carboxylic acids is 1. The van der Waals surface area contributed by atoms with Gasteiger partial charge in [0.15, 0.2) is 0 Å². The first kappa shape index (κ1) is 14.9. The predicted octanol–water partition coefficient (Wildman–Crippen LogP) is 1.83. The third kappa shape index (κ3) is 2.70. The van der Waals surface area contributed by atoms with Crippen LogP contribution in [0, 0.1) is 6.92 Å². The smallest absolute Gasteiger partial charge is 0.340 e. The molecule has 0 atom stereocenters. The number of aryl methyl sites for hydroxylation is 1. The van der Waals surface area contributed by atoms with Gasteiger partial charge in [0.1, 0.15) is 16.3 Å². The van der Waals surface area contributed by atoms with Gasteiger partial charge in [0.05, 0.1) is 24.6 Å². The van der Waals surface area contributed by atoms with Crippen LogP contribution in [0.4, 0.5) is 5.00 Å². The molecule has 110 valence electrons. The maximum absolute atomic E-state index is 12.5. The molecule has 2 rings (SSSR count). The van der Waals surface area contributed by atoms with Crippen molar-refractivity contribution in [3.63, 3.8) is 0 Å². The highest BCUT2D eigenvalue weighted by molar-refractivity contribution is 7.11. The molecule has 2 aromatic rings. The zero-order chi connectivity index (χ0) is 15.6. The zero-order valence-electron chi connectivity index (χ0n) is 11.7. The number of carboxylic acid groups (broad SMARTS) is 1. The average molecular weight is 307 g/mol. The standard InChI is InChI=1S/C13H13N3O4S/c1-7-10(13(18)19)12(21-15-7)16(2)11(17)8-4-5-14-6-9(8)20-3/h4-6H,1-3H3,(H,18,19). The molecule has 1 amide bonds. The minimum absolute atomic E-state index is 0.0314. The van der Waals surface area contributed by atoms with Crippen molar-refractivity contribution in [2.75, 3.05) is 19.1 Å². The minimum Gasteiger partial charge on any atom is -0.494 e. The van der Waals surface area contributed by atoms with Crippen LogP contribution >= 0.6 is 11.5 Å². The van der Waals surface area contributed by atoms with Gasteiger partial charge < -0.3 is 14.7 Å². The summed E-state index contributed by atoms with van der Waals surface area (Å²) in [6.45, 7) is 1.59. The van der Waals surface area contributed by atoms with E-state index in [0.717, 1.165) is 11.5 Å². The first-order chi connectivity index (χ1) is 9.97. The van der Waals surface area contributed by atoms with Crippen molar-refractivity contribution in [1.82, 2.24) is 9.36 Å². The normalized spacial score (nSPS) is 10.2. The van der Waals surface area contributed by atoms with E-state index in [9.17, 15) is 14.7 Å². The molecule has 0 aliphatic rings. The Morgan fingerprint density at radius 3 is 2.76 bits per heavy atom. The van der Waals surface area contributed by atoms with Gasteiger partial charge in [-0.2, -0.15) is 4.37 Å². The summed E-state index contributed by atoms with van der Waals surface area (Å²) in [6, 6.07) is 1.52. The zero-order valence-corrected chi connectivity index (χ0v) is 12.5. The van der Waals surface area contributed by atoms with Gasteiger partial charge in [0.25, 0.3) is 5.91 Å². The van der Waals surface area contributed by atoms with Crippen molar-refractivity contribution < 1.29 is 19.4 Å². The quantitative estimate of drug-likeness (QED) is 0.926. The van der Waals surface area contributed by atoms with Gasteiger partial charge in [0, 0.05) is 13.2 Å². The summed E-state index contributed by atoms with van der Waals surface area (Å²) < 4.78 is 9.10. The molecule has 0 aliphatic heterocycles. The topological polar surface area (TPSA) is 92.6 Å². The van der Waals surface area contributed by atoms with Gasteiger partial charge >= 0.3 is 5.97 Å². The van der Waals surface area contributed by atoms with E-state index in [-0.39, 0.29) is 16.5 Å². The third-order valence-corrected chi connectivity index (χ3v) is 3.92. The lowest BCUT2D eigenvalue weighted by molar-refractivity contribution is 0.0697. The first-order valence-corrected chi connectivity index (χ1v) is 6.70. The Morgan fingerprint density at radius 1 is 1.43 bits per heavy atom. The van der Waals surface area contributed by atoms with Crippen LogP contribution in [0.5, 0.6) is 5.75 Å². The fourth-order valence-corrected chi connectivity index (χ4v) is 2.67. The van der Waals surface area contributed by atoms with Crippen LogP contribution < -0.4 is 9.64 Å². The number of nitrogens with zero attached hydrogens (tertiary/aromatic N) is 3. The van der Waals surface area contributed by atoms with Gasteiger partial charge in [-0.1, -0.05) is 0 Å². The molecule has 1 N–H and O–H groups in total. The Bertz CT molecular complexity index is 698. The van der Waals surface area contributed by atoms with Crippen LogP contribution in [-0.2, 0) is 0 Å². The van der Waals surface area contributed by atoms with E-state index < -0.39 is 5.97 Å². The molecular formula is C13H13N3O4S. The molecule has 2 heterocycles. The van der Waals surface area contributed by atoms with Crippen molar-refractivity contribution in [3.8, 4) is 5.75 Å². The summed E-state index contributed by atoms with van der Waals surface area (Å²) in [5.41, 5.74) is 0.713. The Morgan fingerprint density at radius 2 is 2.14 bits per heavy atom. The summed E-state index contributed by atoms with van der Waals surface area (Å²) in [4.78, 5) is 28.9. The number of carbonyl (C=O) groups is 2. The number of pyridine rings is 1. The number of rotatable bonds is 4. The Balaban J connectivity index is 2.43. The third-order valence-electron chi connectivity index (χ3n) is 2.90. The van der Waals surface area contributed by atoms with Gasteiger partial charge in [-0.05, 0) is 24.5 Å². The fourth-order valence-electron chi connectivity index (χ4n) is 1.83. The van der Waals surface area contributed by atoms with Crippen LogP contribution in [-0.4, -0.2) is 40.5 Å². The molecular weight excluding hydrogens is 294 g/mol. The summed E-state index contributed by atoms with van der Waals surface area (Å²) in [5, 5.41) is 9.51. The number of hydrogen-bond donors (Lipinski definition) is 1. The first-order valence-electron chi connectivity index (χ1n) is 5.93. The molecule has 0 aliphatic carbocycles. The highest BCUT2D eigenvalue weighted by Crippen LogP contribution is 2.30. The van der Waals surface area contributed by atoms with E-state index >= 15 is 0 Å². The van der Waals surface area contributed by atoms with Gasteiger partial charge in [-0.15, -0.1) is 0 Å². The van der Waals surface area contributed by atoms with E-state index in [2.05, 4.69) is 9.36 Å². The van der Waals surface area contributed by atoms with E-state index in [1.165, 1.54) is 37.5 Å². The molecule has 0 bridgehead atoms. The summed E-state index contributed by atoms with van der Waals surface area (Å²) in [6.07, 6.45) is 2.90. The molecule has 21 heavy (non-hydrogen) atoms. The minimum atomic E-state index is -1.11. The number of anilines is 1. The van der Waals surface area contributed by atoms with Crippen molar-refractivity contribution in [1.29, 1.82) is 0 Å². The molecule has 0 saturated heterocycles. The molecule has 0 unspecified atom stereocenters. The molecule has 0 saturated carbocycles. The second-order valence-electron chi connectivity index (χ2n) is 4.19. The molecule has 0 fully saturated rings.